The van der Waals surface area contributed by atoms with Crippen molar-refractivity contribution in [1.82, 2.24) is 14.5 Å². The van der Waals surface area contributed by atoms with E-state index in [1.54, 1.807) is 36.4 Å². The van der Waals surface area contributed by atoms with Gasteiger partial charge >= 0.3 is 0 Å². The second-order valence-electron chi connectivity index (χ2n) is 9.56. The molecule has 7 nitrogen and oxygen atoms in total. The zero-order valence-corrected chi connectivity index (χ0v) is 23.7. The third-order valence-electron chi connectivity index (χ3n) is 6.09. The fourth-order valence-electron chi connectivity index (χ4n) is 4.00. The second-order valence-corrected chi connectivity index (χ2v) is 12.0. The summed E-state index contributed by atoms with van der Waals surface area (Å²) < 4.78 is 27.4. The van der Waals surface area contributed by atoms with Gasteiger partial charge in [-0.2, -0.15) is 4.31 Å². The number of nitrogens with one attached hydrogen (secondary N) is 1. The standard InChI is InChI=1S/C29H34ClN3O4S/c1-21(2)31-29(35)27(18-23-10-6-5-7-11-23)33(19-24-12-8-9-13-26(24)30)28(34)20-32(4)38(36,37)25-16-14-22(3)15-17-25/h5-17,21,27H,18-20H2,1-4H3,(H,31,35)/t27-/m1/s1. The fourth-order valence-corrected chi connectivity index (χ4v) is 5.32. The molecule has 3 rings (SSSR count). The Morgan fingerprint density at radius 1 is 0.921 bits per heavy atom. The van der Waals surface area contributed by atoms with E-state index in [-0.39, 0.29) is 29.8 Å². The minimum atomic E-state index is -3.93. The first kappa shape index (κ1) is 29.4. The number of rotatable bonds is 11. The van der Waals surface area contributed by atoms with E-state index in [1.165, 1.54) is 24.1 Å². The number of hydrogen-bond acceptors (Lipinski definition) is 4. The molecule has 2 amide bonds. The highest BCUT2D eigenvalue weighted by molar-refractivity contribution is 7.89. The molecule has 0 saturated heterocycles. The molecule has 0 aliphatic heterocycles. The number of carbonyl (C=O) groups excluding carboxylic acids is 2. The molecule has 0 fully saturated rings. The molecule has 0 radical (unpaired) electrons. The van der Waals surface area contributed by atoms with Crippen molar-refractivity contribution in [3.05, 3.63) is 101 Å². The average Bonchev–Trinajstić information content (AvgIpc) is 2.87. The normalized spacial score (nSPS) is 12.4. The van der Waals surface area contributed by atoms with Gasteiger partial charge in [-0.25, -0.2) is 8.42 Å². The van der Waals surface area contributed by atoms with Crippen LogP contribution in [0.15, 0.2) is 83.8 Å². The fraction of sp³-hybridized carbons (Fsp3) is 0.310. The Morgan fingerprint density at radius 3 is 2.13 bits per heavy atom. The molecule has 0 aliphatic rings. The SMILES string of the molecule is Cc1ccc(S(=O)(=O)N(C)CC(=O)N(Cc2ccccc2Cl)[C@H](Cc2ccccc2)C(=O)NC(C)C)cc1. The monoisotopic (exact) mass is 555 g/mol. The molecule has 3 aromatic carbocycles. The first-order valence-electron chi connectivity index (χ1n) is 12.4. The molecule has 3 aromatic rings. The van der Waals surface area contributed by atoms with Gasteiger partial charge in [0, 0.05) is 31.1 Å². The van der Waals surface area contributed by atoms with E-state index in [0.717, 1.165) is 15.4 Å². The number of likely N-dealkylation sites (N-methyl/N-ethyl adjacent to an activating group) is 1. The third-order valence-corrected chi connectivity index (χ3v) is 8.27. The quantitative estimate of drug-likeness (QED) is 0.379. The van der Waals surface area contributed by atoms with E-state index in [9.17, 15) is 18.0 Å². The molecular formula is C29H34ClN3O4S. The molecule has 0 aromatic heterocycles. The number of aryl methyl sites for hydroxylation is 1. The first-order valence-corrected chi connectivity index (χ1v) is 14.2. The number of nitrogens with zero attached hydrogens (tertiary/aromatic N) is 2. The number of carbonyl (C=O) groups is 2. The van der Waals surface area contributed by atoms with E-state index in [1.807, 2.05) is 51.1 Å². The van der Waals surface area contributed by atoms with Crippen molar-refractivity contribution < 1.29 is 18.0 Å². The van der Waals surface area contributed by atoms with Gasteiger partial charge in [-0.15, -0.1) is 0 Å². The van der Waals surface area contributed by atoms with Gasteiger partial charge in [-0.1, -0.05) is 77.8 Å². The highest BCUT2D eigenvalue weighted by atomic mass is 35.5. The maximum atomic E-state index is 13.8. The summed E-state index contributed by atoms with van der Waals surface area (Å²) in [6.45, 7) is 5.16. The van der Waals surface area contributed by atoms with E-state index in [2.05, 4.69) is 5.32 Å². The van der Waals surface area contributed by atoms with Crippen molar-refractivity contribution in [2.24, 2.45) is 0 Å². The lowest BCUT2D eigenvalue weighted by molar-refractivity contribution is -0.141. The van der Waals surface area contributed by atoms with E-state index in [0.29, 0.717) is 10.6 Å². The molecule has 0 heterocycles. The van der Waals surface area contributed by atoms with Crippen molar-refractivity contribution in [3.63, 3.8) is 0 Å². The molecule has 0 saturated carbocycles. The Labute approximate surface area is 230 Å². The second kappa shape index (κ2) is 13.0. The van der Waals surface area contributed by atoms with Crippen LogP contribution in [0, 0.1) is 6.92 Å². The van der Waals surface area contributed by atoms with Gasteiger partial charge in [0.1, 0.15) is 6.04 Å². The van der Waals surface area contributed by atoms with Crippen LogP contribution >= 0.6 is 11.6 Å². The molecule has 0 unspecified atom stereocenters. The predicted octanol–water partition coefficient (Wildman–Crippen LogP) is 4.43. The van der Waals surface area contributed by atoms with Crippen LogP contribution in [0.2, 0.25) is 5.02 Å². The largest absolute Gasteiger partial charge is 0.352 e. The Morgan fingerprint density at radius 2 is 1.53 bits per heavy atom. The topological polar surface area (TPSA) is 86.8 Å². The van der Waals surface area contributed by atoms with Gasteiger partial charge in [-0.3, -0.25) is 9.59 Å². The van der Waals surface area contributed by atoms with Crippen molar-refractivity contribution in [2.45, 2.75) is 50.7 Å². The van der Waals surface area contributed by atoms with Crippen LogP contribution in [0.4, 0.5) is 0 Å². The van der Waals surface area contributed by atoms with Crippen LogP contribution in [0.3, 0.4) is 0 Å². The van der Waals surface area contributed by atoms with Gasteiger partial charge in [0.25, 0.3) is 0 Å². The number of amides is 2. The zero-order chi connectivity index (χ0) is 27.9. The van der Waals surface area contributed by atoms with Gasteiger partial charge in [0.2, 0.25) is 21.8 Å². The summed E-state index contributed by atoms with van der Waals surface area (Å²) in [5.74, 6) is -0.837. The minimum absolute atomic E-state index is 0.0416. The molecule has 9 heteroatoms. The van der Waals surface area contributed by atoms with Crippen LogP contribution in [-0.2, 0) is 32.6 Å². The van der Waals surface area contributed by atoms with Crippen molar-refractivity contribution in [2.75, 3.05) is 13.6 Å². The highest BCUT2D eigenvalue weighted by Crippen LogP contribution is 2.22. The summed E-state index contributed by atoms with van der Waals surface area (Å²) in [6.07, 6.45) is 0.254. The van der Waals surface area contributed by atoms with E-state index >= 15 is 0 Å². The average molecular weight is 556 g/mol. The molecule has 1 atom stereocenters. The molecule has 0 aliphatic carbocycles. The van der Waals surface area contributed by atoms with Crippen molar-refractivity contribution in [1.29, 1.82) is 0 Å². The summed E-state index contributed by atoms with van der Waals surface area (Å²) >= 11 is 6.43. The lowest BCUT2D eigenvalue weighted by Crippen LogP contribution is -2.54. The zero-order valence-electron chi connectivity index (χ0n) is 22.1. The third kappa shape index (κ3) is 7.66. The van der Waals surface area contributed by atoms with Crippen molar-refractivity contribution in [3.8, 4) is 0 Å². The first-order chi connectivity index (χ1) is 18.0. The summed E-state index contributed by atoms with van der Waals surface area (Å²) in [4.78, 5) is 28.8. The van der Waals surface area contributed by atoms with E-state index < -0.39 is 28.5 Å². The van der Waals surface area contributed by atoms with Crippen molar-refractivity contribution >= 4 is 33.4 Å². The number of benzene rings is 3. The van der Waals surface area contributed by atoms with E-state index in [4.69, 9.17) is 11.6 Å². The number of halogens is 1. The van der Waals surface area contributed by atoms with Crippen LogP contribution in [0.25, 0.3) is 0 Å². The Bertz CT molecular complexity index is 1350. The Kier molecular flexibility index (Phi) is 10.1. The molecule has 202 valence electrons. The predicted molar refractivity (Wildman–Crippen MR) is 150 cm³/mol. The Hall–Kier alpha value is -3.20. The van der Waals surface area contributed by atoms with Gasteiger partial charge in [-0.05, 0) is 50.1 Å². The number of sulfonamides is 1. The van der Waals surface area contributed by atoms with Gasteiger partial charge in [0.15, 0.2) is 0 Å². The number of hydrogen-bond donors (Lipinski definition) is 1. The minimum Gasteiger partial charge on any atom is -0.352 e. The Balaban J connectivity index is 1.98. The lowest BCUT2D eigenvalue weighted by atomic mass is 10.0. The lowest BCUT2D eigenvalue weighted by Gasteiger charge is -2.33. The summed E-state index contributed by atoms with van der Waals surface area (Å²) in [5, 5.41) is 3.37. The van der Waals surface area contributed by atoms with Gasteiger partial charge < -0.3 is 10.2 Å². The summed E-state index contributed by atoms with van der Waals surface area (Å²) in [6, 6.07) is 21.9. The van der Waals surface area contributed by atoms with Crippen LogP contribution in [0.1, 0.15) is 30.5 Å². The molecule has 38 heavy (non-hydrogen) atoms. The van der Waals surface area contributed by atoms with Gasteiger partial charge in [0.05, 0.1) is 11.4 Å². The van der Waals surface area contributed by atoms with Crippen LogP contribution in [-0.4, -0.2) is 55.1 Å². The molecule has 0 spiro atoms. The maximum absolute atomic E-state index is 13.8. The molecular weight excluding hydrogens is 522 g/mol. The maximum Gasteiger partial charge on any atom is 0.243 e. The molecule has 0 bridgehead atoms. The van der Waals surface area contributed by atoms with Crippen LogP contribution in [0.5, 0.6) is 0 Å². The smallest absolute Gasteiger partial charge is 0.243 e. The highest BCUT2D eigenvalue weighted by Gasteiger charge is 2.33. The summed E-state index contributed by atoms with van der Waals surface area (Å²) in [7, 11) is -2.57. The van der Waals surface area contributed by atoms with Crippen LogP contribution < -0.4 is 5.32 Å². The molecule has 1 N–H and O–H groups in total. The summed E-state index contributed by atoms with van der Waals surface area (Å²) in [5.41, 5.74) is 2.45.